The second kappa shape index (κ2) is 14.9. The number of amides is 3. The summed E-state index contributed by atoms with van der Waals surface area (Å²) in [6, 6.07) is -0.985. The Balaban J connectivity index is 1.67. The van der Waals surface area contributed by atoms with Crippen LogP contribution in [0, 0.1) is 0 Å². The van der Waals surface area contributed by atoms with E-state index < -0.39 is 64.6 Å². The number of nitrogens with zero attached hydrogens (tertiary/aromatic N) is 1. The molecule has 0 bridgehead atoms. The van der Waals surface area contributed by atoms with Gasteiger partial charge in [-0.2, -0.15) is 0 Å². The molecule has 6 atom stereocenters. The van der Waals surface area contributed by atoms with Gasteiger partial charge in [-0.15, -0.1) is 0 Å². The Morgan fingerprint density at radius 3 is 2.64 bits per heavy atom. The Hall–Kier alpha value is -0.330. The second-order valence-electron chi connectivity index (χ2n) is 8.14. The van der Waals surface area contributed by atoms with E-state index in [4.69, 9.17) is 9.47 Å². The number of hydrogen-bond donors (Lipinski definition) is 5. The molecule has 5 N–H and O–H groups in total. The molecule has 2 heterocycles. The molecular formula is C20H34I2N3O8-. The van der Waals surface area contributed by atoms with Crippen molar-refractivity contribution in [3.63, 3.8) is 0 Å². The zero-order valence-electron chi connectivity index (χ0n) is 18.6. The fourth-order valence-corrected chi connectivity index (χ4v) is 5.98. The predicted molar refractivity (Wildman–Crippen MR) is 122 cm³/mol. The maximum atomic E-state index is 12.4. The maximum absolute atomic E-state index is 12.4. The Morgan fingerprint density at radius 1 is 1.18 bits per heavy atom. The molecule has 3 amide bonds. The van der Waals surface area contributed by atoms with Gasteiger partial charge in [-0.05, 0) is 0 Å². The molecule has 33 heavy (non-hydrogen) atoms. The number of alkyl halides is 1. The van der Waals surface area contributed by atoms with Gasteiger partial charge >= 0.3 is 219 Å². The standard InChI is InChI=1S/C20H34I2N3O8/c1-12(27)23-16-18(30)17(29)14(11-26)33-19(16)32-10-3-2-6-15(28)24-22-20(31)25-8-4-5-13(21)7-9-25/h13-14,16-19,26,29-30H,2-11H2,1H3,(H,23,27)(H,24,28)/q-1/t13?,14?,16?,17-,18?,19+/m0/s1. The van der Waals surface area contributed by atoms with Gasteiger partial charge in [0.15, 0.2) is 0 Å². The van der Waals surface area contributed by atoms with Crippen molar-refractivity contribution in [3.8, 4) is 0 Å². The first-order valence-corrected chi connectivity index (χ1v) is 14.5. The minimum atomic E-state index is -1.36. The Labute approximate surface area is 218 Å². The van der Waals surface area contributed by atoms with Crippen LogP contribution < -0.4 is 30.3 Å². The van der Waals surface area contributed by atoms with Crippen LogP contribution in [-0.4, -0.2) is 96.8 Å². The molecule has 192 valence electrons. The average molecular weight is 698 g/mol. The van der Waals surface area contributed by atoms with Gasteiger partial charge in [0.2, 0.25) is 0 Å². The number of halogens is 2. The van der Waals surface area contributed by atoms with E-state index in [0.717, 1.165) is 32.4 Å². The Bertz CT molecular complexity index is 659. The number of carbonyl (C=O) groups excluding carboxylic acids is 3. The van der Waals surface area contributed by atoms with E-state index in [2.05, 4.69) is 31.4 Å². The summed E-state index contributed by atoms with van der Waals surface area (Å²) in [4.78, 5) is 37.7. The van der Waals surface area contributed by atoms with Crippen molar-refractivity contribution in [2.45, 2.75) is 80.0 Å². The van der Waals surface area contributed by atoms with E-state index >= 15 is 0 Å². The summed E-state index contributed by atoms with van der Waals surface area (Å²) in [6.07, 6.45) is -0.392. The summed E-state index contributed by atoms with van der Waals surface area (Å²) < 4.78 is 14.5. The second-order valence-corrected chi connectivity index (χ2v) is 11.9. The molecule has 2 aliphatic heterocycles. The van der Waals surface area contributed by atoms with Gasteiger partial charge in [-0.25, -0.2) is 0 Å². The molecule has 2 aliphatic rings. The van der Waals surface area contributed by atoms with Gasteiger partial charge in [0.1, 0.15) is 0 Å². The first-order valence-electron chi connectivity index (χ1n) is 11.1. The van der Waals surface area contributed by atoms with Gasteiger partial charge in [-0.3, -0.25) is 0 Å². The number of unbranched alkanes of at least 4 members (excludes halogenated alkanes) is 1. The third kappa shape index (κ3) is 9.68. The van der Waals surface area contributed by atoms with Crippen molar-refractivity contribution in [2.75, 3.05) is 26.3 Å². The molecule has 2 fully saturated rings. The SMILES string of the molecule is CC(=O)NC1C(O)[C@@H](O)C(CO)O[C@H]1OCCCCC(=O)N[I-]C(=O)N1CCCC(I)CC1. The van der Waals surface area contributed by atoms with Crippen molar-refractivity contribution in [1.82, 2.24) is 13.7 Å². The van der Waals surface area contributed by atoms with Crippen molar-refractivity contribution in [1.29, 1.82) is 0 Å². The molecule has 0 aliphatic carbocycles. The quantitative estimate of drug-likeness (QED) is 0.0396. The van der Waals surface area contributed by atoms with E-state index in [1.807, 2.05) is 4.90 Å². The monoisotopic (exact) mass is 698 g/mol. The average Bonchev–Trinajstić information content (AvgIpc) is 3.00. The summed E-state index contributed by atoms with van der Waals surface area (Å²) in [5, 5.41) is 32.1. The number of nitrogens with one attached hydrogen (secondary N) is 2. The summed E-state index contributed by atoms with van der Waals surface area (Å²) in [5.41, 5.74) is 0. The van der Waals surface area contributed by atoms with E-state index in [-0.39, 0.29) is 22.8 Å². The number of carbonyl (C=O) groups is 3. The van der Waals surface area contributed by atoms with Crippen LogP contribution >= 0.6 is 22.6 Å². The number of ether oxygens (including phenoxy) is 2. The van der Waals surface area contributed by atoms with Gasteiger partial charge in [0.05, 0.1) is 0 Å². The summed E-state index contributed by atoms with van der Waals surface area (Å²) in [5.74, 6) is -0.587. The molecule has 4 unspecified atom stereocenters. The normalized spacial score (nSPS) is 30.5. The van der Waals surface area contributed by atoms with Gasteiger partial charge in [0.25, 0.3) is 0 Å². The zero-order chi connectivity index (χ0) is 24.4. The third-order valence-electron chi connectivity index (χ3n) is 5.47. The predicted octanol–water partition coefficient (Wildman–Crippen LogP) is -3.35. The van der Waals surface area contributed by atoms with Crippen LogP contribution in [0.15, 0.2) is 0 Å². The molecule has 0 aromatic carbocycles. The van der Waals surface area contributed by atoms with Crippen LogP contribution in [0.5, 0.6) is 0 Å². The van der Waals surface area contributed by atoms with E-state index in [1.54, 1.807) is 0 Å². The van der Waals surface area contributed by atoms with Gasteiger partial charge < -0.3 is 0 Å². The van der Waals surface area contributed by atoms with E-state index in [0.29, 0.717) is 16.8 Å². The van der Waals surface area contributed by atoms with Gasteiger partial charge in [0, 0.05) is 0 Å². The number of aliphatic hydroxyl groups excluding tert-OH is 3. The first kappa shape index (κ1) is 28.9. The van der Waals surface area contributed by atoms with Crippen molar-refractivity contribution >= 4 is 38.3 Å². The fourth-order valence-electron chi connectivity index (χ4n) is 3.63. The van der Waals surface area contributed by atoms with Crippen molar-refractivity contribution in [2.24, 2.45) is 0 Å². The van der Waals surface area contributed by atoms with E-state index in [9.17, 15) is 29.7 Å². The number of likely N-dealkylation sites (tertiary alicyclic amines) is 1. The zero-order valence-corrected chi connectivity index (χ0v) is 22.9. The van der Waals surface area contributed by atoms with Crippen LogP contribution in [0.3, 0.4) is 0 Å². The number of rotatable bonds is 10. The van der Waals surface area contributed by atoms with Gasteiger partial charge in [-0.1, -0.05) is 0 Å². The van der Waals surface area contributed by atoms with Crippen molar-refractivity contribution < 1.29 is 60.7 Å². The molecule has 0 radical (unpaired) electrons. The van der Waals surface area contributed by atoms with Crippen LogP contribution in [-0.2, 0) is 19.1 Å². The molecule has 11 nitrogen and oxygen atoms in total. The molecule has 0 aromatic rings. The van der Waals surface area contributed by atoms with Crippen LogP contribution in [0.2, 0.25) is 0 Å². The first-order chi connectivity index (χ1) is 15.7. The molecule has 0 spiro atoms. The third-order valence-corrected chi connectivity index (χ3v) is 8.73. The van der Waals surface area contributed by atoms with Crippen molar-refractivity contribution in [3.05, 3.63) is 0 Å². The molecule has 0 saturated carbocycles. The molecule has 0 aromatic heterocycles. The van der Waals surface area contributed by atoms with Crippen LogP contribution in [0.25, 0.3) is 0 Å². The molecule has 2 saturated heterocycles. The number of aliphatic hydroxyl groups is 3. The summed E-state index contributed by atoms with van der Waals surface area (Å²) >= 11 is 1.34. The summed E-state index contributed by atoms with van der Waals surface area (Å²) in [7, 11) is 0. The summed E-state index contributed by atoms with van der Waals surface area (Å²) in [6.45, 7) is 2.46. The number of hydrogen-bond acceptors (Lipinski definition) is 8. The molecular weight excluding hydrogens is 664 g/mol. The molecule has 2 rings (SSSR count). The van der Waals surface area contributed by atoms with Crippen LogP contribution in [0.1, 0.15) is 45.4 Å². The van der Waals surface area contributed by atoms with E-state index in [1.165, 1.54) is 6.92 Å². The minimum absolute atomic E-state index is 0.0497. The van der Waals surface area contributed by atoms with Crippen LogP contribution in [0.4, 0.5) is 4.79 Å². The Kier molecular flexibility index (Phi) is 13.1. The Morgan fingerprint density at radius 2 is 1.94 bits per heavy atom. The topological polar surface area (TPSA) is 158 Å². The molecule has 13 heteroatoms. The fraction of sp³-hybridized carbons (Fsp3) is 0.850.